The first-order valence-electron chi connectivity index (χ1n) is 7.00. The van der Waals surface area contributed by atoms with Crippen LogP contribution in [0.1, 0.15) is 77.6 Å². The van der Waals surface area contributed by atoms with Crippen LogP contribution in [0.3, 0.4) is 0 Å². The molecule has 0 radical (unpaired) electrons. The summed E-state index contributed by atoms with van der Waals surface area (Å²) in [6, 6.07) is 0. The number of rotatable bonds is 12. The van der Waals surface area contributed by atoms with Crippen molar-refractivity contribution in [2.45, 2.75) is 77.6 Å². The predicted octanol–water partition coefficient (Wildman–Crippen LogP) is 5.05. The van der Waals surface area contributed by atoms with E-state index in [1.807, 2.05) is 0 Å². The van der Waals surface area contributed by atoms with Gasteiger partial charge in [-0.15, -0.1) is 0 Å². The van der Waals surface area contributed by atoms with E-state index in [1.54, 1.807) is 0 Å². The molecular formula is C15H28O. The van der Waals surface area contributed by atoms with Crippen LogP contribution in [0.5, 0.6) is 0 Å². The first-order chi connectivity index (χ1) is 7.91. The van der Waals surface area contributed by atoms with Gasteiger partial charge in [-0.3, -0.25) is 0 Å². The molecule has 0 aromatic rings. The molecule has 0 aliphatic rings. The molecule has 0 aliphatic carbocycles. The highest BCUT2D eigenvalue weighted by atomic mass is 16.1. The summed E-state index contributed by atoms with van der Waals surface area (Å²) < 4.78 is 0. The standard InChI is InChI=1S/C15H28O/c1-2-3-4-5-6-7-8-9-10-11-12-13-14-15-16/h4-5,15H,2-3,6-14H2,1H3. The van der Waals surface area contributed by atoms with Gasteiger partial charge in [0.2, 0.25) is 0 Å². The molecule has 0 aromatic heterocycles. The van der Waals surface area contributed by atoms with Crippen LogP contribution in [0.25, 0.3) is 0 Å². The van der Waals surface area contributed by atoms with E-state index in [4.69, 9.17) is 0 Å². The van der Waals surface area contributed by atoms with E-state index in [-0.39, 0.29) is 0 Å². The van der Waals surface area contributed by atoms with E-state index >= 15 is 0 Å². The Morgan fingerprint density at radius 3 is 1.75 bits per heavy atom. The summed E-state index contributed by atoms with van der Waals surface area (Å²) in [7, 11) is 0. The first kappa shape index (κ1) is 15.4. The summed E-state index contributed by atoms with van der Waals surface area (Å²) in [6.45, 7) is 2.22. The minimum atomic E-state index is 0.752. The van der Waals surface area contributed by atoms with E-state index in [0.29, 0.717) is 0 Å². The fraction of sp³-hybridized carbons (Fsp3) is 0.800. The summed E-state index contributed by atoms with van der Waals surface area (Å²) >= 11 is 0. The molecule has 0 rings (SSSR count). The molecule has 0 aromatic carbocycles. The molecule has 0 fully saturated rings. The van der Waals surface area contributed by atoms with Crippen LogP contribution in [-0.4, -0.2) is 6.29 Å². The lowest BCUT2D eigenvalue weighted by Gasteiger charge is -1.99. The average Bonchev–Trinajstić information content (AvgIpc) is 2.31. The summed E-state index contributed by atoms with van der Waals surface area (Å²) in [5.74, 6) is 0. The minimum absolute atomic E-state index is 0.752. The van der Waals surface area contributed by atoms with E-state index in [0.717, 1.165) is 19.1 Å². The fourth-order valence-electron chi connectivity index (χ4n) is 1.78. The Balaban J connectivity index is 2.95. The molecule has 1 heteroatoms. The molecule has 1 nitrogen and oxygen atoms in total. The van der Waals surface area contributed by atoms with Crippen LogP contribution in [0, 0.1) is 0 Å². The third-order valence-electron chi connectivity index (χ3n) is 2.81. The van der Waals surface area contributed by atoms with Crippen LogP contribution in [0.2, 0.25) is 0 Å². The number of carbonyl (C=O) groups is 1. The number of allylic oxidation sites excluding steroid dienone is 2. The average molecular weight is 224 g/mol. The Kier molecular flexibility index (Phi) is 13.9. The van der Waals surface area contributed by atoms with Gasteiger partial charge in [0, 0.05) is 6.42 Å². The lowest BCUT2D eigenvalue weighted by molar-refractivity contribution is -0.107. The molecule has 0 saturated carbocycles. The van der Waals surface area contributed by atoms with Crippen molar-refractivity contribution in [1.82, 2.24) is 0 Å². The summed E-state index contributed by atoms with van der Waals surface area (Å²) in [5.41, 5.74) is 0. The first-order valence-corrected chi connectivity index (χ1v) is 7.00. The molecule has 0 amide bonds. The lowest BCUT2D eigenvalue weighted by atomic mass is 10.1. The Morgan fingerprint density at radius 1 is 0.688 bits per heavy atom. The highest BCUT2D eigenvalue weighted by molar-refractivity contribution is 5.48. The van der Waals surface area contributed by atoms with Crippen LogP contribution < -0.4 is 0 Å². The van der Waals surface area contributed by atoms with Crippen LogP contribution in [0.4, 0.5) is 0 Å². The maximum atomic E-state index is 10.1. The van der Waals surface area contributed by atoms with Crippen LogP contribution >= 0.6 is 0 Å². The predicted molar refractivity (Wildman–Crippen MR) is 71.7 cm³/mol. The highest BCUT2D eigenvalue weighted by Gasteiger charge is 1.90. The van der Waals surface area contributed by atoms with Gasteiger partial charge in [-0.05, 0) is 25.7 Å². The normalized spacial score (nSPS) is 11.1. The van der Waals surface area contributed by atoms with E-state index in [2.05, 4.69) is 19.1 Å². The smallest absolute Gasteiger partial charge is 0.119 e. The van der Waals surface area contributed by atoms with Gasteiger partial charge in [-0.2, -0.15) is 0 Å². The molecule has 0 unspecified atom stereocenters. The molecule has 0 atom stereocenters. The molecule has 0 spiro atoms. The van der Waals surface area contributed by atoms with Gasteiger partial charge in [0.25, 0.3) is 0 Å². The number of aldehydes is 1. The zero-order valence-electron chi connectivity index (χ0n) is 10.9. The summed E-state index contributed by atoms with van der Waals surface area (Å²) in [5, 5.41) is 0. The van der Waals surface area contributed by atoms with Crippen LogP contribution in [-0.2, 0) is 4.79 Å². The van der Waals surface area contributed by atoms with E-state index in [9.17, 15) is 4.79 Å². The topological polar surface area (TPSA) is 17.1 Å². The zero-order valence-corrected chi connectivity index (χ0v) is 10.9. The van der Waals surface area contributed by atoms with Crippen molar-refractivity contribution in [2.24, 2.45) is 0 Å². The zero-order chi connectivity index (χ0) is 11.9. The molecule has 0 N–H and O–H groups in total. The lowest BCUT2D eigenvalue weighted by Crippen LogP contribution is -1.81. The second-order valence-corrected chi connectivity index (χ2v) is 4.48. The third-order valence-corrected chi connectivity index (χ3v) is 2.81. The number of hydrogen-bond acceptors (Lipinski definition) is 1. The number of carbonyl (C=O) groups excluding carboxylic acids is 1. The van der Waals surface area contributed by atoms with Crippen molar-refractivity contribution in [3.63, 3.8) is 0 Å². The molecule has 94 valence electrons. The fourth-order valence-corrected chi connectivity index (χ4v) is 1.78. The summed E-state index contributed by atoms with van der Waals surface area (Å²) in [4.78, 5) is 10.1. The van der Waals surface area contributed by atoms with Crippen molar-refractivity contribution in [1.29, 1.82) is 0 Å². The molecule has 0 bridgehead atoms. The van der Waals surface area contributed by atoms with Gasteiger partial charge >= 0.3 is 0 Å². The Hall–Kier alpha value is -0.590. The van der Waals surface area contributed by atoms with Crippen LogP contribution in [0.15, 0.2) is 12.2 Å². The molecule has 16 heavy (non-hydrogen) atoms. The van der Waals surface area contributed by atoms with Gasteiger partial charge < -0.3 is 4.79 Å². The molecule has 0 saturated heterocycles. The second kappa shape index (κ2) is 14.4. The van der Waals surface area contributed by atoms with E-state index < -0.39 is 0 Å². The van der Waals surface area contributed by atoms with Crippen molar-refractivity contribution in [2.75, 3.05) is 0 Å². The number of unbranched alkanes of at least 4 members (excludes halogenated alkanes) is 9. The van der Waals surface area contributed by atoms with E-state index in [1.165, 1.54) is 57.8 Å². The van der Waals surface area contributed by atoms with Gasteiger partial charge in [0.05, 0.1) is 0 Å². The SMILES string of the molecule is CCCC=CCCCCCCCCCC=O. The Morgan fingerprint density at radius 2 is 1.19 bits per heavy atom. The quantitative estimate of drug-likeness (QED) is 0.257. The molecular weight excluding hydrogens is 196 g/mol. The largest absolute Gasteiger partial charge is 0.303 e. The van der Waals surface area contributed by atoms with Crippen molar-refractivity contribution in [3.8, 4) is 0 Å². The summed E-state index contributed by atoms with van der Waals surface area (Å²) in [6.07, 6.45) is 19.2. The van der Waals surface area contributed by atoms with Crippen molar-refractivity contribution < 1.29 is 4.79 Å². The van der Waals surface area contributed by atoms with Crippen molar-refractivity contribution in [3.05, 3.63) is 12.2 Å². The Labute approximate surface area is 101 Å². The molecule has 0 aliphatic heterocycles. The van der Waals surface area contributed by atoms with Crippen molar-refractivity contribution >= 4 is 6.29 Å². The van der Waals surface area contributed by atoms with Gasteiger partial charge in [0.15, 0.2) is 0 Å². The molecule has 0 heterocycles. The monoisotopic (exact) mass is 224 g/mol. The van der Waals surface area contributed by atoms with Gasteiger partial charge in [-0.1, -0.05) is 57.6 Å². The highest BCUT2D eigenvalue weighted by Crippen LogP contribution is 2.09. The maximum Gasteiger partial charge on any atom is 0.119 e. The second-order valence-electron chi connectivity index (χ2n) is 4.48. The van der Waals surface area contributed by atoms with Gasteiger partial charge in [-0.25, -0.2) is 0 Å². The number of hydrogen-bond donors (Lipinski definition) is 0. The van der Waals surface area contributed by atoms with Gasteiger partial charge in [0.1, 0.15) is 6.29 Å². The maximum absolute atomic E-state index is 10.1. The third kappa shape index (κ3) is 13.4. The minimum Gasteiger partial charge on any atom is -0.303 e. The Bertz CT molecular complexity index is 161.